The van der Waals surface area contributed by atoms with Gasteiger partial charge in [0.2, 0.25) is 11.8 Å². The predicted molar refractivity (Wildman–Crippen MR) is 82.3 cm³/mol. The van der Waals surface area contributed by atoms with Crippen molar-refractivity contribution in [3.05, 3.63) is 0 Å². The van der Waals surface area contributed by atoms with E-state index in [9.17, 15) is 9.59 Å². The maximum atomic E-state index is 11.7. The molecule has 1 heterocycles. The van der Waals surface area contributed by atoms with Gasteiger partial charge >= 0.3 is 0 Å². The summed E-state index contributed by atoms with van der Waals surface area (Å²) in [5, 5.41) is 0. The standard InChI is InChI=1S/C17H31NO2/c1-3-4-5-6-7-8-9-10-11-12-13-15-14-16(19)18(2)17(15)20/h15H,3-14H2,1-2H3. The predicted octanol–water partition coefficient (Wildman–Crippen LogP) is 4.30. The molecule has 0 bridgehead atoms. The minimum absolute atomic E-state index is 0.00733. The van der Waals surface area contributed by atoms with Crippen molar-refractivity contribution in [1.82, 2.24) is 4.90 Å². The summed E-state index contributed by atoms with van der Waals surface area (Å²) in [7, 11) is 1.60. The molecular formula is C17H31NO2. The van der Waals surface area contributed by atoms with Crippen LogP contribution < -0.4 is 0 Å². The molecule has 3 nitrogen and oxygen atoms in total. The molecule has 0 saturated carbocycles. The summed E-state index contributed by atoms with van der Waals surface area (Å²) in [6, 6.07) is 0. The van der Waals surface area contributed by atoms with Crippen LogP contribution in [0.1, 0.15) is 84.0 Å². The number of hydrogen-bond acceptors (Lipinski definition) is 2. The molecule has 0 aliphatic carbocycles. The van der Waals surface area contributed by atoms with E-state index in [0.29, 0.717) is 6.42 Å². The smallest absolute Gasteiger partial charge is 0.232 e. The third-order valence-electron chi connectivity index (χ3n) is 4.38. The monoisotopic (exact) mass is 281 g/mol. The van der Waals surface area contributed by atoms with Crippen LogP contribution in [0, 0.1) is 5.92 Å². The molecule has 20 heavy (non-hydrogen) atoms. The zero-order valence-corrected chi connectivity index (χ0v) is 13.3. The van der Waals surface area contributed by atoms with E-state index in [0.717, 1.165) is 12.8 Å². The molecule has 0 spiro atoms. The van der Waals surface area contributed by atoms with Gasteiger partial charge in [0.15, 0.2) is 0 Å². The van der Waals surface area contributed by atoms with E-state index in [4.69, 9.17) is 0 Å². The number of hydrogen-bond donors (Lipinski definition) is 0. The first-order valence-electron chi connectivity index (χ1n) is 8.47. The van der Waals surface area contributed by atoms with Gasteiger partial charge in [0.05, 0.1) is 0 Å². The zero-order chi connectivity index (χ0) is 14.8. The minimum Gasteiger partial charge on any atom is -0.285 e. The molecule has 0 aromatic rings. The van der Waals surface area contributed by atoms with Crippen molar-refractivity contribution < 1.29 is 9.59 Å². The zero-order valence-electron chi connectivity index (χ0n) is 13.3. The molecule has 1 fully saturated rings. The van der Waals surface area contributed by atoms with Gasteiger partial charge in [-0.25, -0.2) is 0 Å². The van der Waals surface area contributed by atoms with Gasteiger partial charge in [-0.05, 0) is 6.42 Å². The van der Waals surface area contributed by atoms with Gasteiger partial charge in [-0.1, -0.05) is 71.1 Å². The van der Waals surface area contributed by atoms with Gasteiger partial charge in [-0.3, -0.25) is 14.5 Å². The van der Waals surface area contributed by atoms with E-state index < -0.39 is 0 Å². The number of rotatable bonds is 11. The van der Waals surface area contributed by atoms with Crippen molar-refractivity contribution in [2.45, 2.75) is 84.0 Å². The number of carbonyl (C=O) groups excluding carboxylic acids is 2. The Balaban J connectivity index is 1.90. The van der Waals surface area contributed by atoms with E-state index in [1.165, 1.54) is 62.7 Å². The summed E-state index contributed by atoms with van der Waals surface area (Å²) in [6.45, 7) is 2.25. The SMILES string of the molecule is CCCCCCCCCCCCC1CC(=O)N(C)C1=O. The molecule has 0 aromatic carbocycles. The van der Waals surface area contributed by atoms with E-state index >= 15 is 0 Å². The van der Waals surface area contributed by atoms with Crippen LogP contribution in [0.5, 0.6) is 0 Å². The molecule has 1 rings (SSSR count). The number of amides is 2. The van der Waals surface area contributed by atoms with Crippen molar-refractivity contribution in [1.29, 1.82) is 0 Å². The first-order valence-corrected chi connectivity index (χ1v) is 8.47. The molecule has 2 amide bonds. The van der Waals surface area contributed by atoms with E-state index in [1.54, 1.807) is 7.05 Å². The maximum absolute atomic E-state index is 11.7. The number of likely N-dealkylation sites (tertiary alicyclic amines) is 1. The Labute approximate surface area is 124 Å². The van der Waals surface area contributed by atoms with Crippen LogP contribution in [0.3, 0.4) is 0 Å². The van der Waals surface area contributed by atoms with Crippen molar-refractivity contribution in [3.8, 4) is 0 Å². The summed E-state index contributed by atoms with van der Waals surface area (Å²) in [5.41, 5.74) is 0. The quantitative estimate of drug-likeness (QED) is 0.418. The van der Waals surface area contributed by atoms with Crippen molar-refractivity contribution in [2.75, 3.05) is 7.05 Å². The molecule has 1 unspecified atom stereocenters. The largest absolute Gasteiger partial charge is 0.285 e. The van der Waals surface area contributed by atoms with Gasteiger partial charge in [0.1, 0.15) is 0 Å². The third kappa shape index (κ3) is 6.06. The number of carbonyl (C=O) groups is 2. The molecule has 0 N–H and O–H groups in total. The Bertz CT molecular complexity index is 301. The third-order valence-corrected chi connectivity index (χ3v) is 4.38. The minimum atomic E-state index is -0.0263. The average Bonchev–Trinajstić information content (AvgIpc) is 2.68. The van der Waals surface area contributed by atoms with Crippen molar-refractivity contribution in [2.24, 2.45) is 5.92 Å². The van der Waals surface area contributed by atoms with Crippen LogP contribution in [-0.4, -0.2) is 23.8 Å². The van der Waals surface area contributed by atoms with E-state index in [2.05, 4.69) is 6.92 Å². The highest BCUT2D eigenvalue weighted by Gasteiger charge is 2.35. The highest BCUT2D eigenvalue weighted by molar-refractivity contribution is 6.03. The molecule has 3 heteroatoms. The van der Waals surface area contributed by atoms with Crippen molar-refractivity contribution >= 4 is 11.8 Å². The Morgan fingerprint density at radius 2 is 1.40 bits per heavy atom. The van der Waals surface area contributed by atoms with Gasteiger partial charge in [0.25, 0.3) is 0 Å². The maximum Gasteiger partial charge on any atom is 0.232 e. The first-order chi connectivity index (χ1) is 9.66. The lowest BCUT2D eigenvalue weighted by atomic mass is 9.98. The summed E-state index contributed by atoms with van der Waals surface area (Å²) in [5.74, 6) is -0.000419. The van der Waals surface area contributed by atoms with Crippen LogP contribution in [0.4, 0.5) is 0 Å². The second-order valence-electron chi connectivity index (χ2n) is 6.16. The molecule has 1 atom stereocenters. The summed E-state index contributed by atoms with van der Waals surface area (Å²) < 4.78 is 0. The summed E-state index contributed by atoms with van der Waals surface area (Å²) in [6.07, 6.45) is 14.4. The van der Waals surface area contributed by atoms with E-state index in [-0.39, 0.29) is 17.7 Å². The Kier molecular flexibility index (Phi) is 8.56. The lowest BCUT2D eigenvalue weighted by molar-refractivity contribution is -0.137. The van der Waals surface area contributed by atoms with Gasteiger partial charge < -0.3 is 0 Å². The van der Waals surface area contributed by atoms with Gasteiger partial charge in [-0.2, -0.15) is 0 Å². The molecule has 1 saturated heterocycles. The summed E-state index contributed by atoms with van der Waals surface area (Å²) >= 11 is 0. The van der Waals surface area contributed by atoms with Crippen LogP contribution in [0.2, 0.25) is 0 Å². The second-order valence-corrected chi connectivity index (χ2v) is 6.16. The first kappa shape index (κ1) is 17.2. The lowest BCUT2D eigenvalue weighted by Gasteiger charge is -2.08. The average molecular weight is 281 g/mol. The Morgan fingerprint density at radius 1 is 0.900 bits per heavy atom. The normalized spacial score (nSPS) is 19.1. The fourth-order valence-electron chi connectivity index (χ4n) is 2.94. The van der Waals surface area contributed by atoms with Crippen LogP contribution in [-0.2, 0) is 9.59 Å². The van der Waals surface area contributed by atoms with Crippen LogP contribution in [0.15, 0.2) is 0 Å². The van der Waals surface area contributed by atoms with E-state index in [1.807, 2.05) is 0 Å². The molecule has 116 valence electrons. The Morgan fingerprint density at radius 3 is 1.85 bits per heavy atom. The molecule has 1 aliphatic heterocycles. The van der Waals surface area contributed by atoms with Crippen LogP contribution in [0.25, 0.3) is 0 Å². The van der Waals surface area contributed by atoms with Crippen molar-refractivity contribution in [3.63, 3.8) is 0 Å². The van der Waals surface area contributed by atoms with Crippen LogP contribution >= 0.6 is 0 Å². The fraction of sp³-hybridized carbons (Fsp3) is 0.882. The second kappa shape index (κ2) is 9.95. The Hall–Kier alpha value is -0.860. The number of unbranched alkanes of at least 4 members (excludes halogenated alkanes) is 9. The highest BCUT2D eigenvalue weighted by atomic mass is 16.2. The van der Waals surface area contributed by atoms with Gasteiger partial charge in [0, 0.05) is 19.4 Å². The molecular weight excluding hydrogens is 250 g/mol. The molecule has 1 aliphatic rings. The molecule has 0 aromatic heterocycles. The highest BCUT2D eigenvalue weighted by Crippen LogP contribution is 2.23. The topological polar surface area (TPSA) is 37.4 Å². The fourth-order valence-corrected chi connectivity index (χ4v) is 2.94. The lowest BCUT2D eigenvalue weighted by Crippen LogP contribution is -2.25. The number of imide groups is 1. The number of nitrogens with zero attached hydrogens (tertiary/aromatic N) is 1. The molecule has 0 radical (unpaired) electrons. The van der Waals surface area contributed by atoms with Gasteiger partial charge in [-0.15, -0.1) is 0 Å². The summed E-state index contributed by atoms with van der Waals surface area (Å²) in [4.78, 5) is 24.4.